The highest BCUT2D eigenvalue weighted by Crippen LogP contribution is 2.24. The minimum absolute atomic E-state index is 0.0401. The average molecular weight is 392 g/mol. The van der Waals surface area contributed by atoms with Gasteiger partial charge in [-0.05, 0) is 54.7 Å². The van der Waals surface area contributed by atoms with E-state index in [0.717, 1.165) is 35.7 Å². The number of hydrogen-bond donors (Lipinski definition) is 1. The van der Waals surface area contributed by atoms with Gasteiger partial charge in [0.2, 0.25) is 0 Å². The lowest BCUT2D eigenvalue weighted by Crippen LogP contribution is -2.29. The van der Waals surface area contributed by atoms with Crippen molar-refractivity contribution in [2.45, 2.75) is 39.8 Å². The highest BCUT2D eigenvalue weighted by molar-refractivity contribution is 5.94. The Hall–Kier alpha value is -3.08. The summed E-state index contributed by atoms with van der Waals surface area (Å²) in [6.45, 7) is 7.05. The molecule has 3 aromatic rings. The van der Waals surface area contributed by atoms with Gasteiger partial charge in [0.25, 0.3) is 5.91 Å². The standard InChI is InChI=1S/C24H29N3O2/c1-17(2)15-23(20-9-11-22(29-4)12-10-20)26-24(28)21-7-5-19(6-8-21)16-27-14-13-25-18(27)3/h5-14,17,23H,15-16H2,1-4H3,(H,26,28). The lowest BCUT2D eigenvalue weighted by molar-refractivity contribution is 0.0932. The summed E-state index contributed by atoms with van der Waals surface area (Å²) in [5, 5.41) is 3.20. The lowest BCUT2D eigenvalue weighted by atomic mass is 9.96. The smallest absolute Gasteiger partial charge is 0.251 e. The van der Waals surface area contributed by atoms with Gasteiger partial charge in [-0.1, -0.05) is 38.1 Å². The third-order valence-corrected chi connectivity index (χ3v) is 5.02. The van der Waals surface area contributed by atoms with Crippen LogP contribution in [0.25, 0.3) is 0 Å². The van der Waals surface area contributed by atoms with Gasteiger partial charge in [-0.3, -0.25) is 4.79 Å². The maximum Gasteiger partial charge on any atom is 0.251 e. The number of amides is 1. The summed E-state index contributed by atoms with van der Waals surface area (Å²) in [5.74, 6) is 2.19. The van der Waals surface area contributed by atoms with Crippen LogP contribution in [0.1, 0.15) is 53.6 Å². The van der Waals surface area contributed by atoms with Crippen LogP contribution in [0.2, 0.25) is 0 Å². The van der Waals surface area contributed by atoms with E-state index in [1.54, 1.807) is 13.3 Å². The molecular formula is C24H29N3O2. The number of carbonyl (C=O) groups is 1. The normalized spacial score (nSPS) is 12.0. The SMILES string of the molecule is COc1ccc(C(CC(C)C)NC(=O)c2ccc(Cn3ccnc3C)cc2)cc1. The van der Waals surface area contributed by atoms with Crippen LogP contribution in [0, 0.1) is 12.8 Å². The van der Waals surface area contributed by atoms with E-state index in [1.165, 1.54) is 0 Å². The third kappa shape index (κ3) is 5.47. The molecule has 1 N–H and O–H groups in total. The molecule has 1 amide bonds. The minimum Gasteiger partial charge on any atom is -0.497 e. The van der Waals surface area contributed by atoms with Gasteiger partial charge in [0.15, 0.2) is 0 Å². The Morgan fingerprint density at radius 1 is 1.10 bits per heavy atom. The van der Waals surface area contributed by atoms with Crippen molar-refractivity contribution in [3.63, 3.8) is 0 Å². The molecule has 0 saturated heterocycles. The first-order chi connectivity index (χ1) is 14.0. The Bertz CT molecular complexity index is 928. The zero-order valence-corrected chi connectivity index (χ0v) is 17.6. The molecule has 152 valence electrons. The van der Waals surface area contributed by atoms with E-state index < -0.39 is 0 Å². The average Bonchev–Trinajstić information content (AvgIpc) is 3.12. The molecule has 0 radical (unpaired) electrons. The molecule has 0 spiro atoms. The molecule has 0 aliphatic rings. The van der Waals surface area contributed by atoms with Crippen LogP contribution < -0.4 is 10.1 Å². The second-order valence-corrected chi connectivity index (χ2v) is 7.73. The molecule has 0 saturated carbocycles. The molecule has 1 unspecified atom stereocenters. The number of benzene rings is 2. The maximum absolute atomic E-state index is 12.9. The van der Waals surface area contributed by atoms with Crippen molar-refractivity contribution >= 4 is 5.91 Å². The molecule has 0 aliphatic carbocycles. The van der Waals surface area contributed by atoms with Gasteiger partial charge < -0.3 is 14.6 Å². The molecule has 29 heavy (non-hydrogen) atoms. The van der Waals surface area contributed by atoms with Crippen molar-refractivity contribution in [3.05, 3.63) is 83.4 Å². The molecule has 5 heteroatoms. The second kappa shape index (κ2) is 9.41. The number of aromatic nitrogens is 2. The second-order valence-electron chi connectivity index (χ2n) is 7.73. The molecule has 0 fully saturated rings. The van der Waals surface area contributed by atoms with Gasteiger partial charge in [-0.25, -0.2) is 4.98 Å². The third-order valence-electron chi connectivity index (χ3n) is 5.02. The molecule has 0 aliphatic heterocycles. The molecule has 0 bridgehead atoms. The van der Waals surface area contributed by atoms with Crippen LogP contribution in [-0.2, 0) is 6.54 Å². The summed E-state index contributed by atoms with van der Waals surface area (Å²) in [4.78, 5) is 17.1. The van der Waals surface area contributed by atoms with Gasteiger partial charge in [-0.15, -0.1) is 0 Å². The Morgan fingerprint density at radius 2 is 1.79 bits per heavy atom. The van der Waals surface area contributed by atoms with Crippen LogP contribution in [0.15, 0.2) is 60.9 Å². The van der Waals surface area contributed by atoms with Crippen molar-refractivity contribution in [2.75, 3.05) is 7.11 Å². The van der Waals surface area contributed by atoms with E-state index in [9.17, 15) is 4.79 Å². The molecule has 3 rings (SSSR count). The number of methoxy groups -OCH3 is 1. The van der Waals surface area contributed by atoms with Gasteiger partial charge in [0.05, 0.1) is 13.2 Å². The monoisotopic (exact) mass is 391 g/mol. The molecule has 1 aromatic heterocycles. The lowest BCUT2D eigenvalue weighted by Gasteiger charge is -2.21. The van der Waals surface area contributed by atoms with Crippen molar-refractivity contribution < 1.29 is 9.53 Å². The van der Waals surface area contributed by atoms with Crippen molar-refractivity contribution in [1.82, 2.24) is 14.9 Å². The number of imidazole rings is 1. The Morgan fingerprint density at radius 3 is 2.34 bits per heavy atom. The number of nitrogens with one attached hydrogen (secondary N) is 1. The van der Waals surface area contributed by atoms with Crippen LogP contribution >= 0.6 is 0 Å². The predicted molar refractivity (Wildman–Crippen MR) is 115 cm³/mol. The van der Waals surface area contributed by atoms with Crippen molar-refractivity contribution in [3.8, 4) is 5.75 Å². The highest BCUT2D eigenvalue weighted by atomic mass is 16.5. The Kier molecular flexibility index (Phi) is 6.70. The summed E-state index contributed by atoms with van der Waals surface area (Å²) in [7, 11) is 1.65. The topological polar surface area (TPSA) is 56.1 Å². The summed E-state index contributed by atoms with van der Waals surface area (Å²) in [6, 6.07) is 15.6. The fourth-order valence-corrected chi connectivity index (χ4v) is 3.36. The number of aryl methyl sites for hydroxylation is 1. The largest absolute Gasteiger partial charge is 0.497 e. The summed E-state index contributed by atoms with van der Waals surface area (Å²) < 4.78 is 7.32. The van der Waals surface area contributed by atoms with Crippen LogP contribution in [0.4, 0.5) is 0 Å². The zero-order chi connectivity index (χ0) is 20.8. The molecule has 1 heterocycles. The van der Waals surface area contributed by atoms with Crippen LogP contribution in [-0.4, -0.2) is 22.6 Å². The van der Waals surface area contributed by atoms with Gasteiger partial charge in [0, 0.05) is 24.5 Å². The predicted octanol–water partition coefficient (Wildman–Crippen LogP) is 4.77. The first kappa shape index (κ1) is 20.6. The minimum atomic E-state index is -0.0585. The van der Waals surface area contributed by atoms with Gasteiger partial charge in [0.1, 0.15) is 11.6 Å². The van der Waals surface area contributed by atoms with E-state index in [0.29, 0.717) is 11.5 Å². The molecule has 1 atom stereocenters. The van der Waals surface area contributed by atoms with Gasteiger partial charge in [-0.2, -0.15) is 0 Å². The van der Waals surface area contributed by atoms with Gasteiger partial charge >= 0.3 is 0 Å². The van der Waals surface area contributed by atoms with E-state index in [4.69, 9.17) is 4.74 Å². The highest BCUT2D eigenvalue weighted by Gasteiger charge is 2.17. The van der Waals surface area contributed by atoms with Crippen molar-refractivity contribution in [1.29, 1.82) is 0 Å². The first-order valence-corrected chi connectivity index (χ1v) is 9.97. The van der Waals surface area contributed by atoms with Crippen LogP contribution in [0.3, 0.4) is 0 Å². The number of rotatable bonds is 8. The summed E-state index contributed by atoms with van der Waals surface area (Å²) in [6.07, 6.45) is 4.63. The van der Waals surface area contributed by atoms with Crippen molar-refractivity contribution in [2.24, 2.45) is 5.92 Å². The molecule has 5 nitrogen and oxygen atoms in total. The van der Waals surface area contributed by atoms with Crippen LogP contribution in [0.5, 0.6) is 5.75 Å². The fraction of sp³-hybridized carbons (Fsp3) is 0.333. The first-order valence-electron chi connectivity index (χ1n) is 9.97. The number of nitrogens with zero attached hydrogens (tertiary/aromatic N) is 2. The van der Waals surface area contributed by atoms with E-state index in [2.05, 4.69) is 28.7 Å². The van der Waals surface area contributed by atoms with E-state index in [-0.39, 0.29) is 11.9 Å². The van der Waals surface area contributed by atoms with E-state index in [1.807, 2.05) is 61.7 Å². The summed E-state index contributed by atoms with van der Waals surface area (Å²) >= 11 is 0. The maximum atomic E-state index is 12.9. The fourth-order valence-electron chi connectivity index (χ4n) is 3.36. The molecule has 2 aromatic carbocycles. The number of ether oxygens (including phenoxy) is 1. The molecular weight excluding hydrogens is 362 g/mol. The Balaban J connectivity index is 1.70. The number of hydrogen-bond acceptors (Lipinski definition) is 3. The zero-order valence-electron chi connectivity index (χ0n) is 17.6. The van der Waals surface area contributed by atoms with E-state index >= 15 is 0 Å². The Labute approximate surface area is 172 Å². The summed E-state index contributed by atoms with van der Waals surface area (Å²) in [5.41, 5.74) is 2.88. The quantitative estimate of drug-likeness (QED) is 0.602. The number of carbonyl (C=O) groups excluding carboxylic acids is 1.